The zero-order chi connectivity index (χ0) is 15.4. The summed E-state index contributed by atoms with van der Waals surface area (Å²) in [6.07, 6.45) is 0.740. The second-order valence-corrected chi connectivity index (χ2v) is 6.30. The fourth-order valence-electron chi connectivity index (χ4n) is 2.72. The van der Waals surface area contributed by atoms with Crippen LogP contribution in [0.15, 0.2) is 0 Å². The molecule has 0 bridgehead atoms. The molecule has 2 amide bonds. The van der Waals surface area contributed by atoms with Crippen LogP contribution in [0.5, 0.6) is 0 Å². The van der Waals surface area contributed by atoms with Gasteiger partial charge in [-0.05, 0) is 25.2 Å². The number of amides is 2. The number of nitrogens with zero attached hydrogens (tertiary/aromatic N) is 1. The maximum absolute atomic E-state index is 12.7. The van der Waals surface area contributed by atoms with Crippen molar-refractivity contribution in [3.63, 3.8) is 0 Å². The van der Waals surface area contributed by atoms with E-state index in [1.807, 2.05) is 34.6 Å². The molecule has 3 unspecified atom stereocenters. The van der Waals surface area contributed by atoms with E-state index in [1.54, 1.807) is 12.0 Å². The molecule has 0 aromatic rings. The smallest absolute Gasteiger partial charge is 0.246 e. The van der Waals surface area contributed by atoms with Crippen molar-refractivity contribution in [2.45, 2.75) is 59.2 Å². The third-order valence-electron chi connectivity index (χ3n) is 3.90. The summed E-state index contributed by atoms with van der Waals surface area (Å²) in [5, 5.41) is 2.88. The second kappa shape index (κ2) is 7.07. The highest BCUT2D eigenvalue weighted by molar-refractivity contribution is 5.97. The van der Waals surface area contributed by atoms with Gasteiger partial charge in [0.15, 0.2) is 0 Å². The number of methoxy groups -OCH3 is 1. The maximum Gasteiger partial charge on any atom is 0.246 e. The van der Waals surface area contributed by atoms with Crippen molar-refractivity contribution in [2.75, 3.05) is 13.7 Å². The van der Waals surface area contributed by atoms with Gasteiger partial charge in [0.2, 0.25) is 11.8 Å². The van der Waals surface area contributed by atoms with Gasteiger partial charge >= 0.3 is 0 Å². The molecule has 3 atom stereocenters. The summed E-state index contributed by atoms with van der Waals surface area (Å²) in [5.41, 5.74) is 0. The zero-order valence-corrected chi connectivity index (χ0v) is 13.5. The molecule has 1 aliphatic heterocycles. The van der Waals surface area contributed by atoms with Crippen molar-refractivity contribution in [1.29, 1.82) is 0 Å². The van der Waals surface area contributed by atoms with Gasteiger partial charge in [0, 0.05) is 19.8 Å². The molecule has 1 fully saturated rings. The fourth-order valence-corrected chi connectivity index (χ4v) is 2.72. The molecular formula is C15H28N2O3. The van der Waals surface area contributed by atoms with Crippen LogP contribution in [-0.4, -0.2) is 48.6 Å². The topological polar surface area (TPSA) is 58.6 Å². The Morgan fingerprint density at radius 1 is 1.15 bits per heavy atom. The normalized spacial score (nSPS) is 25.3. The van der Waals surface area contributed by atoms with E-state index in [0.717, 1.165) is 6.42 Å². The quantitative estimate of drug-likeness (QED) is 0.802. The van der Waals surface area contributed by atoms with Gasteiger partial charge < -0.3 is 15.0 Å². The van der Waals surface area contributed by atoms with E-state index in [0.29, 0.717) is 6.61 Å². The molecule has 0 aromatic heterocycles. The summed E-state index contributed by atoms with van der Waals surface area (Å²) in [5.74, 6) is 0.179. The van der Waals surface area contributed by atoms with Crippen molar-refractivity contribution in [3.05, 3.63) is 0 Å². The third-order valence-corrected chi connectivity index (χ3v) is 3.90. The lowest BCUT2D eigenvalue weighted by Gasteiger charge is -2.45. The van der Waals surface area contributed by atoms with Gasteiger partial charge in [0.1, 0.15) is 12.1 Å². The Balaban J connectivity index is 3.01. The van der Waals surface area contributed by atoms with E-state index in [-0.39, 0.29) is 35.7 Å². The molecule has 0 spiro atoms. The molecule has 0 radical (unpaired) electrons. The fraction of sp³-hybridized carbons (Fsp3) is 0.867. The van der Waals surface area contributed by atoms with Crippen LogP contribution in [-0.2, 0) is 14.3 Å². The minimum atomic E-state index is -0.414. The molecule has 1 aliphatic rings. The number of ether oxygens (including phenoxy) is 1. The molecule has 5 heteroatoms. The van der Waals surface area contributed by atoms with Crippen LogP contribution in [0.25, 0.3) is 0 Å². The summed E-state index contributed by atoms with van der Waals surface area (Å²) in [7, 11) is 1.65. The number of rotatable bonds is 6. The van der Waals surface area contributed by atoms with E-state index >= 15 is 0 Å². The van der Waals surface area contributed by atoms with Gasteiger partial charge in [-0.1, -0.05) is 27.7 Å². The van der Waals surface area contributed by atoms with E-state index in [4.69, 9.17) is 4.74 Å². The highest BCUT2D eigenvalue weighted by Crippen LogP contribution is 2.24. The number of piperazine rings is 1. The summed E-state index contributed by atoms with van der Waals surface area (Å²) in [4.78, 5) is 26.8. The molecular weight excluding hydrogens is 256 g/mol. The van der Waals surface area contributed by atoms with Crippen molar-refractivity contribution >= 4 is 11.8 Å². The van der Waals surface area contributed by atoms with Crippen molar-refractivity contribution < 1.29 is 14.3 Å². The first-order chi connectivity index (χ1) is 9.31. The van der Waals surface area contributed by atoms with Crippen LogP contribution in [0.4, 0.5) is 0 Å². The molecule has 1 N–H and O–H groups in total. The molecule has 1 rings (SSSR count). The van der Waals surface area contributed by atoms with Crippen molar-refractivity contribution in [3.8, 4) is 0 Å². The van der Waals surface area contributed by atoms with Crippen LogP contribution >= 0.6 is 0 Å². The zero-order valence-electron chi connectivity index (χ0n) is 13.5. The predicted octanol–water partition coefficient (Wildman–Crippen LogP) is 1.42. The number of hydrogen-bond donors (Lipinski definition) is 1. The lowest BCUT2D eigenvalue weighted by Crippen LogP contribution is -2.67. The predicted molar refractivity (Wildman–Crippen MR) is 78.2 cm³/mol. The maximum atomic E-state index is 12.7. The van der Waals surface area contributed by atoms with E-state index in [2.05, 4.69) is 5.32 Å². The minimum Gasteiger partial charge on any atom is -0.385 e. The lowest BCUT2D eigenvalue weighted by atomic mass is 9.91. The van der Waals surface area contributed by atoms with Crippen LogP contribution in [0.3, 0.4) is 0 Å². The van der Waals surface area contributed by atoms with Gasteiger partial charge in [-0.15, -0.1) is 0 Å². The van der Waals surface area contributed by atoms with Crippen molar-refractivity contribution in [2.24, 2.45) is 11.8 Å². The van der Waals surface area contributed by atoms with Crippen LogP contribution < -0.4 is 5.32 Å². The average Bonchev–Trinajstić information content (AvgIpc) is 2.36. The van der Waals surface area contributed by atoms with Gasteiger partial charge in [0.25, 0.3) is 0 Å². The summed E-state index contributed by atoms with van der Waals surface area (Å²) in [6.45, 7) is 10.4. The molecule has 0 aliphatic carbocycles. The number of nitrogens with one attached hydrogen (secondary N) is 1. The van der Waals surface area contributed by atoms with Gasteiger partial charge in [-0.25, -0.2) is 0 Å². The Hall–Kier alpha value is -1.10. The SMILES string of the molecule is COCCC(C)N1C(=O)C(C(C)C)NC(=O)C1C(C)C. The average molecular weight is 284 g/mol. The van der Waals surface area contributed by atoms with Gasteiger partial charge in [-0.3, -0.25) is 9.59 Å². The molecule has 1 heterocycles. The van der Waals surface area contributed by atoms with Crippen LogP contribution in [0.1, 0.15) is 41.0 Å². The van der Waals surface area contributed by atoms with E-state index < -0.39 is 6.04 Å². The Kier molecular flexibility index (Phi) is 5.99. The van der Waals surface area contributed by atoms with E-state index in [1.165, 1.54) is 0 Å². The highest BCUT2D eigenvalue weighted by Gasteiger charge is 2.44. The molecule has 0 saturated carbocycles. The summed E-state index contributed by atoms with van der Waals surface area (Å²) < 4.78 is 5.10. The van der Waals surface area contributed by atoms with Gasteiger partial charge in [-0.2, -0.15) is 0 Å². The Labute approximate surface area is 122 Å². The summed E-state index contributed by atoms with van der Waals surface area (Å²) >= 11 is 0. The van der Waals surface area contributed by atoms with Crippen LogP contribution in [0.2, 0.25) is 0 Å². The highest BCUT2D eigenvalue weighted by atomic mass is 16.5. The first kappa shape index (κ1) is 17.0. The lowest BCUT2D eigenvalue weighted by molar-refractivity contribution is -0.155. The van der Waals surface area contributed by atoms with E-state index in [9.17, 15) is 9.59 Å². The summed E-state index contributed by atoms with van der Waals surface area (Å²) in [6, 6.07) is -0.797. The molecule has 5 nitrogen and oxygen atoms in total. The molecule has 116 valence electrons. The molecule has 20 heavy (non-hydrogen) atoms. The third kappa shape index (κ3) is 3.51. The first-order valence-electron chi connectivity index (χ1n) is 7.42. The Morgan fingerprint density at radius 2 is 1.75 bits per heavy atom. The number of carbonyl (C=O) groups is 2. The minimum absolute atomic E-state index is 0.00199. The molecule has 0 aromatic carbocycles. The first-order valence-corrected chi connectivity index (χ1v) is 7.42. The largest absolute Gasteiger partial charge is 0.385 e. The Bertz CT molecular complexity index is 355. The second-order valence-electron chi connectivity index (χ2n) is 6.30. The standard InChI is InChI=1S/C15H28N2O3/c1-9(2)12-15(19)17(11(5)7-8-20-6)13(10(3)4)14(18)16-12/h9-13H,7-8H2,1-6H3,(H,16,18). The van der Waals surface area contributed by atoms with Crippen LogP contribution in [0, 0.1) is 11.8 Å². The number of hydrogen-bond acceptors (Lipinski definition) is 3. The number of carbonyl (C=O) groups excluding carboxylic acids is 2. The monoisotopic (exact) mass is 284 g/mol. The van der Waals surface area contributed by atoms with Gasteiger partial charge in [0.05, 0.1) is 0 Å². The Morgan fingerprint density at radius 3 is 2.20 bits per heavy atom. The molecule has 1 saturated heterocycles. The van der Waals surface area contributed by atoms with Crippen molar-refractivity contribution in [1.82, 2.24) is 10.2 Å².